The fourth-order valence-electron chi connectivity index (χ4n) is 1.66. The molecule has 1 aliphatic heterocycles. The highest BCUT2D eigenvalue weighted by Gasteiger charge is 2.32. The van der Waals surface area contributed by atoms with Gasteiger partial charge >= 0.3 is 0 Å². The van der Waals surface area contributed by atoms with Gasteiger partial charge in [-0.3, -0.25) is 4.98 Å². The van der Waals surface area contributed by atoms with Crippen LogP contribution in [0.5, 0.6) is 0 Å². The Kier molecular flexibility index (Phi) is 4.28. The number of nitrogens with one attached hydrogen (secondary N) is 1. The maximum absolute atomic E-state index is 10.3. The van der Waals surface area contributed by atoms with Crippen LogP contribution in [0.4, 0.5) is 0 Å². The molecule has 0 radical (unpaired) electrons. The van der Waals surface area contributed by atoms with E-state index in [0.29, 0.717) is 23.7 Å². The Morgan fingerprint density at radius 2 is 2.00 bits per heavy atom. The summed E-state index contributed by atoms with van der Waals surface area (Å²) in [5, 5.41) is 13.8. The molecular formula is C9H13Cl2N3O. The summed E-state index contributed by atoms with van der Waals surface area (Å²) in [6.45, 7) is 1.59. The molecule has 6 heteroatoms. The van der Waals surface area contributed by atoms with E-state index in [1.807, 2.05) is 0 Å². The van der Waals surface area contributed by atoms with Crippen LogP contribution in [0, 0.1) is 0 Å². The summed E-state index contributed by atoms with van der Waals surface area (Å²) in [6, 6.07) is 0. The van der Waals surface area contributed by atoms with E-state index < -0.39 is 5.60 Å². The molecule has 15 heavy (non-hydrogen) atoms. The standard InChI is InChI=1S/C9H12ClN3O.ClH/c10-8-6-12-5-7(13-8)9(14)1-3-11-4-2-9;/h5-6,11,14H,1-4H2;1H. The van der Waals surface area contributed by atoms with Crippen molar-refractivity contribution in [3.63, 3.8) is 0 Å². The van der Waals surface area contributed by atoms with Crippen LogP contribution in [-0.4, -0.2) is 28.2 Å². The average molecular weight is 250 g/mol. The van der Waals surface area contributed by atoms with Gasteiger partial charge in [0.2, 0.25) is 0 Å². The molecule has 0 aliphatic carbocycles. The van der Waals surface area contributed by atoms with Gasteiger partial charge in [-0.1, -0.05) is 11.6 Å². The number of hydrogen-bond donors (Lipinski definition) is 2. The molecule has 0 amide bonds. The van der Waals surface area contributed by atoms with Gasteiger partial charge in [-0.15, -0.1) is 12.4 Å². The second-order valence-electron chi connectivity index (χ2n) is 3.51. The number of piperidine rings is 1. The first-order valence-corrected chi connectivity index (χ1v) is 5.00. The molecule has 0 saturated carbocycles. The highest BCUT2D eigenvalue weighted by molar-refractivity contribution is 6.29. The molecule has 1 fully saturated rings. The van der Waals surface area contributed by atoms with Crippen molar-refractivity contribution in [2.75, 3.05) is 13.1 Å². The summed E-state index contributed by atoms with van der Waals surface area (Å²) in [5.41, 5.74) is -0.283. The minimum Gasteiger partial charge on any atom is -0.383 e. The highest BCUT2D eigenvalue weighted by Crippen LogP contribution is 2.28. The van der Waals surface area contributed by atoms with Crippen LogP contribution in [0.2, 0.25) is 5.15 Å². The molecule has 2 N–H and O–H groups in total. The van der Waals surface area contributed by atoms with Crippen LogP contribution in [0.1, 0.15) is 18.5 Å². The van der Waals surface area contributed by atoms with Gasteiger partial charge in [0, 0.05) is 0 Å². The Hall–Kier alpha value is -0.420. The van der Waals surface area contributed by atoms with E-state index in [2.05, 4.69) is 15.3 Å². The molecule has 0 aromatic carbocycles. The first-order valence-electron chi connectivity index (χ1n) is 4.62. The largest absolute Gasteiger partial charge is 0.383 e. The minimum atomic E-state index is -0.858. The van der Waals surface area contributed by atoms with Gasteiger partial charge in [0.15, 0.2) is 0 Å². The molecule has 84 valence electrons. The second-order valence-corrected chi connectivity index (χ2v) is 3.90. The molecule has 1 aliphatic rings. The van der Waals surface area contributed by atoms with Gasteiger partial charge < -0.3 is 10.4 Å². The summed E-state index contributed by atoms with van der Waals surface area (Å²) < 4.78 is 0. The van der Waals surface area contributed by atoms with Gasteiger partial charge in [0.25, 0.3) is 0 Å². The topological polar surface area (TPSA) is 58.0 Å². The van der Waals surface area contributed by atoms with Crippen molar-refractivity contribution in [2.24, 2.45) is 0 Å². The molecule has 1 aromatic heterocycles. The number of halogens is 2. The smallest absolute Gasteiger partial charge is 0.147 e. The Balaban J connectivity index is 0.00000112. The van der Waals surface area contributed by atoms with Gasteiger partial charge in [-0.25, -0.2) is 4.98 Å². The third-order valence-corrected chi connectivity index (χ3v) is 2.69. The number of aliphatic hydroxyl groups is 1. The highest BCUT2D eigenvalue weighted by atomic mass is 35.5. The third kappa shape index (κ3) is 2.78. The molecule has 0 bridgehead atoms. The fraction of sp³-hybridized carbons (Fsp3) is 0.556. The number of nitrogens with zero attached hydrogens (tertiary/aromatic N) is 2. The molecule has 2 rings (SSSR count). The average Bonchev–Trinajstić information content (AvgIpc) is 2.19. The van der Waals surface area contributed by atoms with Crippen LogP contribution in [-0.2, 0) is 5.60 Å². The van der Waals surface area contributed by atoms with Gasteiger partial charge in [0.1, 0.15) is 10.8 Å². The summed E-state index contributed by atoms with van der Waals surface area (Å²) in [5.74, 6) is 0. The summed E-state index contributed by atoms with van der Waals surface area (Å²) >= 11 is 5.73. The zero-order valence-electron chi connectivity index (χ0n) is 8.11. The van der Waals surface area contributed by atoms with Crippen molar-refractivity contribution in [3.05, 3.63) is 23.2 Å². The van der Waals surface area contributed by atoms with Crippen molar-refractivity contribution >= 4 is 24.0 Å². The zero-order valence-corrected chi connectivity index (χ0v) is 9.68. The Morgan fingerprint density at radius 3 is 2.60 bits per heavy atom. The normalized spacial score (nSPS) is 19.3. The Morgan fingerprint density at radius 1 is 1.33 bits per heavy atom. The number of aromatic nitrogens is 2. The zero-order chi connectivity index (χ0) is 10.0. The van der Waals surface area contributed by atoms with Crippen molar-refractivity contribution in [1.82, 2.24) is 15.3 Å². The van der Waals surface area contributed by atoms with E-state index in [0.717, 1.165) is 13.1 Å². The van der Waals surface area contributed by atoms with Crippen LogP contribution in [0.25, 0.3) is 0 Å². The van der Waals surface area contributed by atoms with E-state index in [1.54, 1.807) is 6.20 Å². The first-order chi connectivity index (χ1) is 6.71. The van der Waals surface area contributed by atoms with Gasteiger partial charge in [0.05, 0.1) is 18.1 Å². The third-order valence-electron chi connectivity index (χ3n) is 2.51. The lowest BCUT2D eigenvalue weighted by atomic mass is 9.89. The molecule has 0 atom stereocenters. The Bertz CT molecular complexity index is 329. The molecule has 4 nitrogen and oxygen atoms in total. The maximum Gasteiger partial charge on any atom is 0.147 e. The number of rotatable bonds is 1. The van der Waals surface area contributed by atoms with Crippen molar-refractivity contribution in [1.29, 1.82) is 0 Å². The minimum absolute atomic E-state index is 0. The van der Waals surface area contributed by atoms with Crippen LogP contribution in [0.3, 0.4) is 0 Å². The van der Waals surface area contributed by atoms with E-state index >= 15 is 0 Å². The lowest BCUT2D eigenvalue weighted by Gasteiger charge is -2.31. The van der Waals surface area contributed by atoms with E-state index in [1.165, 1.54) is 6.20 Å². The Labute approximate surface area is 99.5 Å². The molecule has 0 spiro atoms. The van der Waals surface area contributed by atoms with Crippen LogP contribution in [0.15, 0.2) is 12.4 Å². The van der Waals surface area contributed by atoms with E-state index in [4.69, 9.17) is 11.6 Å². The van der Waals surface area contributed by atoms with E-state index in [9.17, 15) is 5.11 Å². The second kappa shape index (κ2) is 5.07. The van der Waals surface area contributed by atoms with E-state index in [-0.39, 0.29) is 12.4 Å². The predicted octanol–water partition coefficient (Wildman–Crippen LogP) is 1.12. The van der Waals surface area contributed by atoms with Gasteiger partial charge in [-0.2, -0.15) is 0 Å². The SMILES string of the molecule is Cl.OC1(c2cncc(Cl)n2)CCNCC1. The monoisotopic (exact) mass is 249 g/mol. The summed E-state index contributed by atoms with van der Waals surface area (Å²) in [4.78, 5) is 8.02. The fourth-order valence-corrected chi connectivity index (χ4v) is 1.81. The lowest BCUT2D eigenvalue weighted by molar-refractivity contribution is 0.00154. The van der Waals surface area contributed by atoms with Crippen molar-refractivity contribution in [2.45, 2.75) is 18.4 Å². The van der Waals surface area contributed by atoms with Crippen molar-refractivity contribution in [3.8, 4) is 0 Å². The molecule has 2 heterocycles. The molecule has 1 aromatic rings. The number of hydrogen-bond acceptors (Lipinski definition) is 4. The quantitative estimate of drug-likeness (QED) is 0.784. The van der Waals surface area contributed by atoms with Crippen LogP contribution >= 0.6 is 24.0 Å². The van der Waals surface area contributed by atoms with Crippen molar-refractivity contribution < 1.29 is 5.11 Å². The summed E-state index contributed by atoms with van der Waals surface area (Å²) in [6.07, 6.45) is 4.36. The van der Waals surface area contributed by atoms with Gasteiger partial charge in [-0.05, 0) is 25.9 Å². The molecule has 0 unspecified atom stereocenters. The molecular weight excluding hydrogens is 237 g/mol. The van der Waals surface area contributed by atoms with Crippen LogP contribution < -0.4 is 5.32 Å². The predicted molar refractivity (Wildman–Crippen MR) is 60.3 cm³/mol. The maximum atomic E-state index is 10.3. The first kappa shape index (κ1) is 12.6. The summed E-state index contributed by atoms with van der Waals surface area (Å²) in [7, 11) is 0. The lowest BCUT2D eigenvalue weighted by Crippen LogP contribution is -2.40. The molecule has 1 saturated heterocycles.